The van der Waals surface area contributed by atoms with Crippen LogP contribution in [0.5, 0.6) is 0 Å². The molecule has 0 aliphatic carbocycles. The lowest BCUT2D eigenvalue weighted by Gasteiger charge is -2.13. The number of hydrazone groups is 1. The predicted molar refractivity (Wildman–Crippen MR) is 90.9 cm³/mol. The van der Waals surface area contributed by atoms with Crippen LogP contribution in [-0.2, 0) is 9.59 Å². The van der Waals surface area contributed by atoms with Crippen LogP contribution in [0.1, 0.15) is 23.7 Å². The van der Waals surface area contributed by atoms with E-state index in [9.17, 15) is 14.4 Å². The second-order valence-corrected chi connectivity index (χ2v) is 5.59. The summed E-state index contributed by atoms with van der Waals surface area (Å²) in [4.78, 5) is 37.2. The van der Waals surface area contributed by atoms with Crippen LogP contribution in [0.25, 0.3) is 0 Å². The average molecular weight is 320 g/mol. The Bertz CT molecular complexity index is 813. The lowest BCUT2D eigenvalue weighted by Crippen LogP contribution is -2.33. The van der Waals surface area contributed by atoms with Gasteiger partial charge in [-0.05, 0) is 19.1 Å². The molecule has 0 N–H and O–H groups in total. The number of ketones is 2. The minimum absolute atomic E-state index is 0.292. The summed E-state index contributed by atoms with van der Waals surface area (Å²) in [6.45, 7) is 1.64. The number of hydrogen-bond acceptors (Lipinski definition) is 4. The van der Waals surface area contributed by atoms with Crippen LogP contribution in [0.4, 0.5) is 5.69 Å². The van der Waals surface area contributed by atoms with Crippen LogP contribution in [0.15, 0.2) is 65.8 Å². The number of Topliss-reactive ketones (excluding diaryl/α,β-unsaturated/α-hetero) is 2. The van der Waals surface area contributed by atoms with E-state index in [2.05, 4.69) is 5.10 Å². The van der Waals surface area contributed by atoms with Gasteiger partial charge in [-0.3, -0.25) is 14.4 Å². The van der Waals surface area contributed by atoms with E-state index < -0.39 is 17.6 Å². The molecular formula is C19H16N2O3. The van der Waals surface area contributed by atoms with Crippen LogP contribution in [0.2, 0.25) is 0 Å². The maximum absolute atomic E-state index is 12.6. The van der Waals surface area contributed by atoms with E-state index in [0.29, 0.717) is 17.0 Å². The molecule has 1 aliphatic rings. The Morgan fingerprint density at radius 1 is 1.00 bits per heavy atom. The van der Waals surface area contributed by atoms with E-state index in [0.717, 1.165) is 0 Å². The molecule has 1 unspecified atom stereocenters. The molecule has 5 nitrogen and oxygen atoms in total. The third kappa shape index (κ3) is 3.01. The molecule has 24 heavy (non-hydrogen) atoms. The second-order valence-electron chi connectivity index (χ2n) is 5.59. The number of carbonyl (C=O) groups excluding carboxylic acids is 3. The van der Waals surface area contributed by atoms with E-state index in [-0.39, 0.29) is 12.2 Å². The van der Waals surface area contributed by atoms with Gasteiger partial charge in [-0.2, -0.15) is 10.1 Å². The van der Waals surface area contributed by atoms with Crippen molar-refractivity contribution >= 4 is 28.9 Å². The fourth-order valence-corrected chi connectivity index (χ4v) is 2.68. The van der Waals surface area contributed by atoms with Crippen molar-refractivity contribution in [1.82, 2.24) is 0 Å². The van der Waals surface area contributed by atoms with Crippen molar-refractivity contribution in [2.45, 2.75) is 13.3 Å². The van der Waals surface area contributed by atoms with Crippen LogP contribution in [0.3, 0.4) is 0 Å². The number of carbonyl (C=O) groups is 3. The van der Waals surface area contributed by atoms with Gasteiger partial charge < -0.3 is 0 Å². The standard InChI is InChI=1S/C19H16N2O3/c1-13-18(17(23)12-16(22)14-8-4-2-5-9-14)19(24)21(20-13)15-10-6-3-7-11-15/h2-11,18H,12H2,1H3. The van der Waals surface area contributed by atoms with E-state index in [4.69, 9.17) is 0 Å². The molecule has 1 heterocycles. The molecule has 3 rings (SSSR count). The zero-order valence-corrected chi connectivity index (χ0v) is 13.2. The van der Waals surface area contributed by atoms with Gasteiger partial charge in [0.1, 0.15) is 5.92 Å². The third-order valence-corrected chi connectivity index (χ3v) is 3.88. The van der Waals surface area contributed by atoms with Gasteiger partial charge in [0.25, 0.3) is 5.91 Å². The quantitative estimate of drug-likeness (QED) is 0.628. The van der Waals surface area contributed by atoms with Gasteiger partial charge >= 0.3 is 0 Å². The molecule has 120 valence electrons. The van der Waals surface area contributed by atoms with Crippen molar-refractivity contribution in [2.75, 3.05) is 5.01 Å². The van der Waals surface area contributed by atoms with Crippen LogP contribution in [0, 0.1) is 5.92 Å². The van der Waals surface area contributed by atoms with Crippen molar-refractivity contribution in [1.29, 1.82) is 0 Å². The van der Waals surface area contributed by atoms with Gasteiger partial charge in [0.2, 0.25) is 0 Å². The Labute approximate surface area is 139 Å². The van der Waals surface area contributed by atoms with Gasteiger partial charge in [0, 0.05) is 5.56 Å². The maximum Gasteiger partial charge on any atom is 0.263 e. The van der Waals surface area contributed by atoms with Gasteiger partial charge in [0.05, 0.1) is 17.8 Å². The highest BCUT2D eigenvalue weighted by Gasteiger charge is 2.39. The lowest BCUT2D eigenvalue weighted by atomic mass is 9.93. The number of para-hydroxylation sites is 1. The van der Waals surface area contributed by atoms with Gasteiger partial charge in [-0.25, -0.2) is 0 Å². The number of benzene rings is 2. The minimum Gasteiger partial charge on any atom is -0.298 e. The Morgan fingerprint density at radius 3 is 2.21 bits per heavy atom. The first kappa shape index (κ1) is 15.8. The molecule has 1 aliphatic heterocycles. The summed E-state index contributed by atoms with van der Waals surface area (Å²) < 4.78 is 0. The average Bonchev–Trinajstić information content (AvgIpc) is 2.91. The van der Waals surface area contributed by atoms with Crippen molar-refractivity contribution in [3.05, 3.63) is 66.2 Å². The monoisotopic (exact) mass is 320 g/mol. The summed E-state index contributed by atoms with van der Waals surface area (Å²) >= 11 is 0. The topological polar surface area (TPSA) is 66.8 Å². The fraction of sp³-hybridized carbons (Fsp3) is 0.158. The molecule has 0 radical (unpaired) electrons. The Hall–Kier alpha value is -3.08. The highest BCUT2D eigenvalue weighted by Crippen LogP contribution is 2.25. The molecule has 0 bridgehead atoms. The van der Waals surface area contributed by atoms with Gasteiger partial charge in [-0.15, -0.1) is 0 Å². The number of nitrogens with zero attached hydrogens (tertiary/aromatic N) is 2. The van der Waals surface area contributed by atoms with E-state index in [1.54, 1.807) is 61.5 Å². The first-order chi connectivity index (χ1) is 11.6. The third-order valence-electron chi connectivity index (χ3n) is 3.88. The molecule has 0 saturated carbocycles. The summed E-state index contributed by atoms with van der Waals surface area (Å²) in [5.41, 5.74) is 1.48. The zero-order chi connectivity index (χ0) is 17.1. The first-order valence-corrected chi connectivity index (χ1v) is 7.63. The summed E-state index contributed by atoms with van der Waals surface area (Å²) in [7, 11) is 0. The molecule has 1 amide bonds. The van der Waals surface area contributed by atoms with E-state index in [1.807, 2.05) is 6.07 Å². The Morgan fingerprint density at radius 2 is 1.58 bits per heavy atom. The molecular weight excluding hydrogens is 304 g/mol. The summed E-state index contributed by atoms with van der Waals surface area (Å²) in [6.07, 6.45) is -0.310. The highest BCUT2D eigenvalue weighted by molar-refractivity contribution is 6.29. The molecule has 2 aromatic carbocycles. The molecule has 1 atom stereocenters. The highest BCUT2D eigenvalue weighted by atomic mass is 16.2. The van der Waals surface area contributed by atoms with Gasteiger partial charge in [0.15, 0.2) is 11.6 Å². The first-order valence-electron chi connectivity index (χ1n) is 7.63. The zero-order valence-electron chi connectivity index (χ0n) is 13.2. The van der Waals surface area contributed by atoms with Crippen molar-refractivity contribution in [3.8, 4) is 0 Å². The van der Waals surface area contributed by atoms with Crippen molar-refractivity contribution in [3.63, 3.8) is 0 Å². The minimum atomic E-state index is -0.988. The Kier molecular flexibility index (Phi) is 4.33. The maximum atomic E-state index is 12.6. The molecule has 0 saturated heterocycles. The summed E-state index contributed by atoms with van der Waals surface area (Å²) in [6, 6.07) is 17.5. The van der Waals surface area contributed by atoms with Crippen LogP contribution >= 0.6 is 0 Å². The predicted octanol–water partition coefficient (Wildman–Crippen LogP) is 2.87. The number of rotatable bonds is 5. The van der Waals surface area contributed by atoms with Crippen molar-refractivity contribution < 1.29 is 14.4 Å². The van der Waals surface area contributed by atoms with Crippen molar-refractivity contribution in [2.24, 2.45) is 11.0 Å². The molecule has 0 fully saturated rings. The van der Waals surface area contributed by atoms with Crippen LogP contribution < -0.4 is 5.01 Å². The lowest BCUT2D eigenvalue weighted by molar-refractivity contribution is -0.128. The summed E-state index contributed by atoms with van der Waals surface area (Å²) in [5, 5.41) is 5.42. The molecule has 2 aromatic rings. The Balaban J connectivity index is 1.75. The fourth-order valence-electron chi connectivity index (χ4n) is 2.68. The van der Waals surface area contributed by atoms with Gasteiger partial charge in [-0.1, -0.05) is 48.5 Å². The van der Waals surface area contributed by atoms with E-state index in [1.165, 1.54) is 5.01 Å². The number of amides is 1. The molecule has 5 heteroatoms. The smallest absolute Gasteiger partial charge is 0.263 e. The SMILES string of the molecule is CC1=NN(c2ccccc2)C(=O)C1C(=O)CC(=O)c1ccccc1. The van der Waals surface area contributed by atoms with Crippen LogP contribution in [-0.4, -0.2) is 23.2 Å². The molecule has 0 aromatic heterocycles. The number of hydrogen-bond donors (Lipinski definition) is 0. The normalized spacial score (nSPS) is 16.9. The number of anilines is 1. The largest absolute Gasteiger partial charge is 0.298 e. The molecule has 0 spiro atoms. The second kappa shape index (κ2) is 6.58. The van der Waals surface area contributed by atoms with E-state index >= 15 is 0 Å². The summed E-state index contributed by atoms with van der Waals surface area (Å²) in [5.74, 6) is -2.12.